The maximum Gasteiger partial charge on any atom is 0.268 e. The van der Waals surface area contributed by atoms with E-state index in [2.05, 4.69) is 10.3 Å². The molecule has 0 spiro atoms. The maximum absolute atomic E-state index is 13.2. The molecule has 0 aliphatic heterocycles. The lowest BCUT2D eigenvalue weighted by atomic mass is 10.1. The van der Waals surface area contributed by atoms with E-state index in [0.29, 0.717) is 16.3 Å². The van der Waals surface area contributed by atoms with E-state index >= 15 is 0 Å². The highest BCUT2D eigenvalue weighted by molar-refractivity contribution is 7.17. The molecule has 0 aliphatic rings. The topological polar surface area (TPSA) is 54.9 Å². The van der Waals surface area contributed by atoms with Crippen LogP contribution in [0.5, 0.6) is 0 Å². The quantitative estimate of drug-likeness (QED) is 0.382. The number of carbonyl (C=O) groups excluding carboxylic acids is 1. The number of hydrogen-bond acceptors (Lipinski definition) is 4. The van der Waals surface area contributed by atoms with Gasteiger partial charge in [-0.05, 0) is 12.1 Å². The van der Waals surface area contributed by atoms with Crippen LogP contribution in [0.25, 0.3) is 32.7 Å². The molecule has 144 valence electrons. The largest absolute Gasteiger partial charge is 0.320 e. The van der Waals surface area contributed by atoms with E-state index in [1.807, 2.05) is 91.0 Å². The summed E-state index contributed by atoms with van der Waals surface area (Å²) in [5.41, 5.74) is 4.14. The monoisotopic (exact) mass is 407 g/mol. The van der Waals surface area contributed by atoms with Crippen molar-refractivity contribution in [1.82, 2.24) is 9.97 Å². The van der Waals surface area contributed by atoms with Gasteiger partial charge < -0.3 is 5.32 Å². The van der Waals surface area contributed by atoms with Gasteiger partial charge in [-0.25, -0.2) is 4.98 Å². The number of rotatable bonds is 4. The van der Waals surface area contributed by atoms with Crippen molar-refractivity contribution >= 4 is 33.8 Å². The van der Waals surface area contributed by atoms with Gasteiger partial charge >= 0.3 is 0 Å². The second-order valence-electron chi connectivity index (χ2n) is 6.80. The van der Waals surface area contributed by atoms with Crippen molar-refractivity contribution in [2.24, 2.45) is 0 Å². The molecule has 0 unspecified atom stereocenters. The van der Waals surface area contributed by atoms with Crippen LogP contribution in [0.2, 0.25) is 0 Å². The SMILES string of the molecule is O=C(Nc1cnc2ccccc2c1)c1sc(-c2ccccc2)nc1-c1ccccc1. The fraction of sp³-hybridized carbons (Fsp3) is 0. The minimum atomic E-state index is -0.189. The predicted molar refractivity (Wildman–Crippen MR) is 123 cm³/mol. The first-order valence-electron chi connectivity index (χ1n) is 9.56. The van der Waals surface area contributed by atoms with E-state index < -0.39 is 0 Å². The third-order valence-electron chi connectivity index (χ3n) is 4.75. The molecule has 5 aromatic rings. The molecule has 2 aromatic heterocycles. The summed E-state index contributed by atoms with van der Waals surface area (Å²) in [5, 5.41) is 4.79. The Morgan fingerprint density at radius 1 is 0.800 bits per heavy atom. The number of fused-ring (bicyclic) bond motifs is 1. The van der Waals surface area contributed by atoms with Gasteiger partial charge in [0.1, 0.15) is 9.88 Å². The number of hydrogen-bond donors (Lipinski definition) is 1. The van der Waals surface area contributed by atoms with Crippen LogP contribution < -0.4 is 5.32 Å². The van der Waals surface area contributed by atoms with Crippen molar-refractivity contribution in [2.75, 3.05) is 5.32 Å². The fourth-order valence-corrected chi connectivity index (χ4v) is 4.29. The Bertz CT molecular complexity index is 1330. The van der Waals surface area contributed by atoms with E-state index in [1.165, 1.54) is 11.3 Å². The van der Waals surface area contributed by atoms with Gasteiger partial charge in [0.25, 0.3) is 5.91 Å². The molecule has 0 saturated carbocycles. The molecule has 0 atom stereocenters. The Hall–Kier alpha value is -3.83. The summed E-state index contributed by atoms with van der Waals surface area (Å²) in [5.74, 6) is -0.189. The Morgan fingerprint density at radius 2 is 1.47 bits per heavy atom. The lowest BCUT2D eigenvalue weighted by Crippen LogP contribution is -2.11. The van der Waals surface area contributed by atoms with Crippen LogP contribution in [0.3, 0.4) is 0 Å². The first-order valence-corrected chi connectivity index (χ1v) is 10.4. The number of benzene rings is 3. The third-order valence-corrected chi connectivity index (χ3v) is 5.85. The van der Waals surface area contributed by atoms with Gasteiger partial charge in [0.05, 0.1) is 23.1 Å². The molecule has 5 rings (SSSR count). The Balaban J connectivity index is 1.54. The van der Waals surface area contributed by atoms with Gasteiger partial charge in [-0.2, -0.15) is 0 Å². The summed E-state index contributed by atoms with van der Waals surface area (Å²) in [7, 11) is 0. The minimum Gasteiger partial charge on any atom is -0.320 e. The maximum atomic E-state index is 13.2. The van der Waals surface area contributed by atoms with E-state index in [1.54, 1.807) is 6.20 Å². The summed E-state index contributed by atoms with van der Waals surface area (Å²) in [6, 6.07) is 29.5. The summed E-state index contributed by atoms with van der Waals surface area (Å²) in [6.45, 7) is 0. The number of thiazole rings is 1. The van der Waals surface area contributed by atoms with Gasteiger partial charge in [0.15, 0.2) is 0 Å². The van der Waals surface area contributed by atoms with Crippen molar-refractivity contribution < 1.29 is 4.79 Å². The molecule has 0 fully saturated rings. The summed E-state index contributed by atoms with van der Waals surface area (Å²) >= 11 is 1.39. The van der Waals surface area contributed by atoms with Crippen LogP contribution in [0, 0.1) is 0 Å². The number of nitrogens with one attached hydrogen (secondary N) is 1. The van der Waals surface area contributed by atoms with Gasteiger partial charge in [-0.15, -0.1) is 11.3 Å². The Morgan fingerprint density at radius 3 is 2.23 bits per heavy atom. The van der Waals surface area contributed by atoms with Crippen LogP contribution in [0.15, 0.2) is 97.2 Å². The van der Waals surface area contributed by atoms with Crippen LogP contribution in [0.4, 0.5) is 5.69 Å². The normalized spacial score (nSPS) is 10.8. The minimum absolute atomic E-state index is 0.189. The lowest BCUT2D eigenvalue weighted by molar-refractivity contribution is 0.103. The van der Waals surface area contributed by atoms with Gasteiger partial charge in [-0.3, -0.25) is 9.78 Å². The number of anilines is 1. The van der Waals surface area contributed by atoms with E-state index in [9.17, 15) is 4.79 Å². The number of aromatic nitrogens is 2. The highest BCUT2D eigenvalue weighted by atomic mass is 32.1. The zero-order valence-electron chi connectivity index (χ0n) is 15.9. The van der Waals surface area contributed by atoms with Crippen LogP contribution in [-0.4, -0.2) is 15.9 Å². The second kappa shape index (κ2) is 7.89. The van der Waals surface area contributed by atoms with Crippen molar-refractivity contribution in [3.63, 3.8) is 0 Å². The molecule has 0 saturated heterocycles. The summed E-state index contributed by atoms with van der Waals surface area (Å²) in [6.07, 6.45) is 1.68. The van der Waals surface area contributed by atoms with Crippen molar-refractivity contribution in [2.45, 2.75) is 0 Å². The molecule has 1 N–H and O–H groups in total. The van der Waals surface area contributed by atoms with E-state index in [4.69, 9.17) is 4.98 Å². The molecule has 0 aliphatic carbocycles. The molecule has 1 amide bonds. The fourth-order valence-electron chi connectivity index (χ4n) is 3.30. The molecule has 0 radical (unpaired) electrons. The van der Waals surface area contributed by atoms with Crippen LogP contribution >= 0.6 is 11.3 Å². The van der Waals surface area contributed by atoms with Gasteiger partial charge in [0, 0.05) is 16.5 Å². The molecular weight excluding hydrogens is 390 g/mol. The first-order chi connectivity index (χ1) is 14.8. The Kier molecular flexibility index (Phi) is 4.79. The number of carbonyl (C=O) groups is 1. The number of amides is 1. The van der Waals surface area contributed by atoms with E-state index in [0.717, 1.165) is 27.0 Å². The summed E-state index contributed by atoms with van der Waals surface area (Å²) in [4.78, 5) is 23.0. The van der Waals surface area contributed by atoms with Gasteiger partial charge in [-0.1, -0.05) is 78.9 Å². The van der Waals surface area contributed by atoms with Crippen molar-refractivity contribution in [3.8, 4) is 21.8 Å². The molecular formula is C25H17N3OS. The van der Waals surface area contributed by atoms with E-state index in [-0.39, 0.29) is 5.91 Å². The highest BCUT2D eigenvalue weighted by Gasteiger charge is 2.20. The number of pyridine rings is 1. The zero-order chi connectivity index (χ0) is 20.3. The lowest BCUT2D eigenvalue weighted by Gasteiger charge is -2.06. The molecule has 4 nitrogen and oxygen atoms in total. The molecule has 5 heteroatoms. The molecule has 30 heavy (non-hydrogen) atoms. The average molecular weight is 407 g/mol. The zero-order valence-corrected chi connectivity index (χ0v) is 16.8. The van der Waals surface area contributed by atoms with Crippen LogP contribution in [0.1, 0.15) is 9.67 Å². The Labute approximate surface area is 177 Å². The number of para-hydroxylation sites is 1. The predicted octanol–water partition coefficient (Wildman–Crippen LogP) is 6.28. The van der Waals surface area contributed by atoms with Crippen molar-refractivity contribution in [1.29, 1.82) is 0 Å². The third kappa shape index (κ3) is 3.58. The molecule has 0 bridgehead atoms. The summed E-state index contributed by atoms with van der Waals surface area (Å²) < 4.78 is 0. The average Bonchev–Trinajstić information content (AvgIpc) is 3.26. The van der Waals surface area contributed by atoms with Crippen molar-refractivity contribution in [3.05, 3.63) is 102 Å². The smallest absolute Gasteiger partial charge is 0.268 e. The van der Waals surface area contributed by atoms with Crippen LogP contribution in [-0.2, 0) is 0 Å². The standard InChI is InChI=1S/C25H17N3OS/c29-24(27-20-15-19-13-7-8-14-21(19)26-16-20)23-22(17-9-3-1-4-10-17)28-25(30-23)18-11-5-2-6-12-18/h1-16H,(H,27,29). The molecule has 3 aromatic carbocycles. The number of nitrogens with zero attached hydrogens (tertiary/aromatic N) is 2. The second-order valence-corrected chi connectivity index (χ2v) is 7.80. The highest BCUT2D eigenvalue weighted by Crippen LogP contribution is 2.34. The van der Waals surface area contributed by atoms with Gasteiger partial charge in [0.2, 0.25) is 0 Å². The first kappa shape index (κ1) is 18.2. The molecule has 2 heterocycles.